The summed E-state index contributed by atoms with van der Waals surface area (Å²) in [6.45, 7) is 1.14. The minimum atomic E-state index is 0. The van der Waals surface area contributed by atoms with Crippen LogP contribution in [-0.4, -0.2) is 6.54 Å². The molecule has 1 unspecified atom stereocenters. The lowest BCUT2D eigenvalue weighted by Gasteiger charge is -2.39. The maximum absolute atomic E-state index is 3.82. The molecule has 0 saturated carbocycles. The maximum atomic E-state index is 3.82. The van der Waals surface area contributed by atoms with Gasteiger partial charge in [0.1, 0.15) is 0 Å². The van der Waals surface area contributed by atoms with Crippen LogP contribution in [0.15, 0.2) is 60.7 Å². The molecule has 1 aliphatic heterocycles. The van der Waals surface area contributed by atoms with E-state index in [2.05, 4.69) is 66.0 Å². The van der Waals surface area contributed by atoms with Crippen molar-refractivity contribution in [3.63, 3.8) is 0 Å². The van der Waals surface area contributed by atoms with E-state index < -0.39 is 0 Å². The molecule has 0 bridgehead atoms. The number of hydrogen-bond donors (Lipinski definition) is 1. The van der Waals surface area contributed by atoms with Gasteiger partial charge in [-0.05, 0) is 43.4 Å². The molecule has 112 valence electrons. The van der Waals surface area contributed by atoms with Gasteiger partial charge >= 0.3 is 0 Å². The first-order valence-corrected chi connectivity index (χ1v) is 7.74. The fraction of sp³-hybridized carbons (Fsp3) is 0.368. The largest absolute Gasteiger partial charge is 0.307 e. The second kappa shape index (κ2) is 7.63. The normalized spacial score (nSPS) is 21.5. The standard InChI is InChI=1S/C19H23N.ClH/c1-3-9-17(10-4-1)13-15-19(14-7-8-16-20-19)18-11-5-2-6-12-18;/h1-6,9-12,20H,7-8,13-16H2;1H. The van der Waals surface area contributed by atoms with Crippen LogP contribution in [0.5, 0.6) is 0 Å². The van der Waals surface area contributed by atoms with Crippen molar-refractivity contribution in [3.05, 3.63) is 71.8 Å². The fourth-order valence-corrected chi connectivity index (χ4v) is 3.33. The van der Waals surface area contributed by atoms with E-state index in [0.717, 1.165) is 13.0 Å². The van der Waals surface area contributed by atoms with Crippen LogP contribution < -0.4 is 5.32 Å². The number of piperidine rings is 1. The Bertz CT molecular complexity index is 518. The van der Waals surface area contributed by atoms with E-state index in [1.807, 2.05) is 0 Å². The first-order valence-electron chi connectivity index (χ1n) is 7.74. The monoisotopic (exact) mass is 301 g/mol. The van der Waals surface area contributed by atoms with Crippen LogP contribution in [0.25, 0.3) is 0 Å². The lowest BCUT2D eigenvalue weighted by Crippen LogP contribution is -2.46. The van der Waals surface area contributed by atoms with Crippen molar-refractivity contribution < 1.29 is 0 Å². The number of benzene rings is 2. The van der Waals surface area contributed by atoms with Crippen LogP contribution in [-0.2, 0) is 12.0 Å². The third-order valence-electron chi connectivity index (χ3n) is 4.50. The van der Waals surface area contributed by atoms with Gasteiger partial charge in [0.25, 0.3) is 0 Å². The molecule has 1 saturated heterocycles. The molecule has 2 aromatic rings. The highest BCUT2D eigenvalue weighted by Gasteiger charge is 2.32. The van der Waals surface area contributed by atoms with Crippen LogP contribution in [0.3, 0.4) is 0 Å². The van der Waals surface area contributed by atoms with Crippen molar-refractivity contribution in [2.24, 2.45) is 0 Å². The number of halogens is 1. The lowest BCUT2D eigenvalue weighted by atomic mass is 9.78. The Labute approximate surface area is 134 Å². The highest BCUT2D eigenvalue weighted by Crippen LogP contribution is 2.34. The lowest BCUT2D eigenvalue weighted by molar-refractivity contribution is 0.240. The van der Waals surface area contributed by atoms with Gasteiger partial charge in [0, 0.05) is 5.54 Å². The smallest absolute Gasteiger partial charge is 0.0437 e. The van der Waals surface area contributed by atoms with Gasteiger partial charge < -0.3 is 5.32 Å². The minimum absolute atomic E-state index is 0. The van der Waals surface area contributed by atoms with Crippen molar-refractivity contribution >= 4 is 12.4 Å². The van der Waals surface area contributed by atoms with Crippen LogP contribution in [0.2, 0.25) is 0 Å². The summed E-state index contributed by atoms with van der Waals surface area (Å²) in [4.78, 5) is 0. The van der Waals surface area contributed by atoms with Crippen molar-refractivity contribution in [3.8, 4) is 0 Å². The molecule has 21 heavy (non-hydrogen) atoms. The van der Waals surface area contributed by atoms with Crippen molar-refractivity contribution in [2.45, 2.75) is 37.6 Å². The van der Waals surface area contributed by atoms with Gasteiger partial charge in [0.05, 0.1) is 0 Å². The summed E-state index contributed by atoms with van der Waals surface area (Å²) in [6, 6.07) is 21.8. The summed E-state index contributed by atoms with van der Waals surface area (Å²) in [6.07, 6.45) is 6.21. The Morgan fingerprint density at radius 1 is 0.857 bits per heavy atom. The summed E-state index contributed by atoms with van der Waals surface area (Å²) in [5.41, 5.74) is 3.07. The second-order valence-corrected chi connectivity index (χ2v) is 5.82. The van der Waals surface area contributed by atoms with E-state index in [-0.39, 0.29) is 17.9 Å². The topological polar surface area (TPSA) is 12.0 Å². The van der Waals surface area contributed by atoms with E-state index >= 15 is 0 Å². The predicted molar refractivity (Wildman–Crippen MR) is 92.0 cm³/mol. The molecule has 1 fully saturated rings. The molecule has 0 radical (unpaired) electrons. The van der Waals surface area contributed by atoms with Crippen LogP contribution in [0, 0.1) is 0 Å². The third-order valence-corrected chi connectivity index (χ3v) is 4.50. The van der Waals surface area contributed by atoms with Gasteiger partial charge in [-0.2, -0.15) is 0 Å². The van der Waals surface area contributed by atoms with E-state index in [1.165, 1.54) is 36.8 Å². The SMILES string of the molecule is Cl.c1ccc(CCC2(c3ccccc3)CCCCN2)cc1. The first kappa shape index (κ1) is 16.1. The number of aryl methyl sites for hydroxylation is 1. The molecular formula is C19H24ClN. The zero-order chi connectivity index (χ0) is 13.7. The highest BCUT2D eigenvalue weighted by molar-refractivity contribution is 5.85. The molecule has 1 nitrogen and oxygen atoms in total. The fourth-order valence-electron chi connectivity index (χ4n) is 3.33. The van der Waals surface area contributed by atoms with Gasteiger partial charge in [0.2, 0.25) is 0 Å². The Morgan fingerprint density at radius 2 is 1.52 bits per heavy atom. The molecule has 1 aliphatic rings. The summed E-state index contributed by atoms with van der Waals surface area (Å²) >= 11 is 0. The zero-order valence-electron chi connectivity index (χ0n) is 12.4. The molecule has 1 atom stereocenters. The Hall–Kier alpha value is -1.31. The second-order valence-electron chi connectivity index (χ2n) is 5.82. The minimum Gasteiger partial charge on any atom is -0.307 e. The van der Waals surface area contributed by atoms with E-state index in [1.54, 1.807) is 0 Å². The van der Waals surface area contributed by atoms with E-state index in [9.17, 15) is 0 Å². The van der Waals surface area contributed by atoms with Crippen molar-refractivity contribution in [1.82, 2.24) is 5.32 Å². The molecule has 3 rings (SSSR count). The molecule has 0 aromatic heterocycles. The highest BCUT2D eigenvalue weighted by atomic mass is 35.5. The molecule has 1 heterocycles. The summed E-state index contributed by atoms with van der Waals surface area (Å²) in [7, 11) is 0. The van der Waals surface area contributed by atoms with E-state index in [0.29, 0.717) is 0 Å². The van der Waals surface area contributed by atoms with Crippen LogP contribution >= 0.6 is 12.4 Å². The summed E-state index contributed by atoms with van der Waals surface area (Å²) < 4.78 is 0. The number of hydrogen-bond acceptors (Lipinski definition) is 1. The average molecular weight is 302 g/mol. The summed E-state index contributed by atoms with van der Waals surface area (Å²) in [5, 5.41) is 3.82. The average Bonchev–Trinajstić information content (AvgIpc) is 2.56. The Kier molecular flexibility index (Phi) is 5.84. The molecular weight excluding hydrogens is 278 g/mol. The molecule has 1 N–H and O–H groups in total. The summed E-state index contributed by atoms with van der Waals surface area (Å²) in [5.74, 6) is 0. The van der Waals surface area contributed by atoms with Crippen molar-refractivity contribution in [2.75, 3.05) is 6.54 Å². The molecule has 2 heteroatoms. The number of nitrogens with one attached hydrogen (secondary N) is 1. The third kappa shape index (κ3) is 3.87. The predicted octanol–water partition coefficient (Wildman–Crippen LogP) is 4.71. The zero-order valence-corrected chi connectivity index (χ0v) is 13.2. The van der Waals surface area contributed by atoms with Crippen molar-refractivity contribution in [1.29, 1.82) is 0 Å². The van der Waals surface area contributed by atoms with Gasteiger partial charge in [-0.25, -0.2) is 0 Å². The van der Waals surface area contributed by atoms with E-state index in [4.69, 9.17) is 0 Å². The van der Waals surface area contributed by atoms with Crippen LogP contribution in [0.1, 0.15) is 36.8 Å². The Balaban J connectivity index is 0.00000161. The number of rotatable bonds is 4. The van der Waals surface area contributed by atoms with Gasteiger partial charge in [-0.3, -0.25) is 0 Å². The maximum Gasteiger partial charge on any atom is 0.0437 e. The molecule has 0 spiro atoms. The quantitative estimate of drug-likeness (QED) is 0.862. The van der Waals surface area contributed by atoms with Crippen LogP contribution in [0.4, 0.5) is 0 Å². The molecule has 0 amide bonds. The molecule has 2 aromatic carbocycles. The van der Waals surface area contributed by atoms with Gasteiger partial charge in [0.15, 0.2) is 0 Å². The molecule has 0 aliphatic carbocycles. The van der Waals surface area contributed by atoms with Gasteiger partial charge in [-0.1, -0.05) is 67.1 Å². The first-order chi connectivity index (χ1) is 9.89. The Morgan fingerprint density at radius 3 is 2.14 bits per heavy atom. The van der Waals surface area contributed by atoms with Gasteiger partial charge in [-0.15, -0.1) is 12.4 Å².